The first-order valence-corrected chi connectivity index (χ1v) is 10.7. The second kappa shape index (κ2) is 9.91. The van der Waals surface area contributed by atoms with E-state index in [1.165, 1.54) is 6.08 Å². The van der Waals surface area contributed by atoms with Crippen molar-refractivity contribution in [1.82, 2.24) is 5.32 Å². The van der Waals surface area contributed by atoms with E-state index in [4.69, 9.17) is 0 Å². The zero-order chi connectivity index (χ0) is 19.7. The van der Waals surface area contributed by atoms with E-state index in [0.29, 0.717) is 0 Å². The lowest BCUT2D eigenvalue weighted by molar-refractivity contribution is -0.116. The molecule has 0 aliphatic rings. The lowest BCUT2D eigenvalue weighted by Gasteiger charge is -2.06. The summed E-state index contributed by atoms with van der Waals surface area (Å²) < 4.78 is 24.6. The van der Waals surface area contributed by atoms with Crippen LogP contribution in [-0.4, -0.2) is 20.2 Å². The predicted octanol–water partition coefficient (Wildman–Crippen LogP) is 4.27. The van der Waals surface area contributed by atoms with Crippen LogP contribution in [0.4, 0.5) is 0 Å². The molecule has 142 valence electrons. The van der Waals surface area contributed by atoms with Gasteiger partial charge in [-0.2, -0.15) is 0 Å². The van der Waals surface area contributed by atoms with E-state index in [0.717, 1.165) is 36.0 Å². The quantitative estimate of drug-likeness (QED) is 0.547. The van der Waals surface area contributed by atoms with Crippen LogP contribution in [0.15, 0.2) is 71.3 Å². The minimum Gasteiger partial charge on any atom is -0.338 e. The van der Waals surface area contributed by atoms with Gasteiger partial charge in [0.05, 0.1) is 4.90 Å². The molecule has 0 heterocycles. The predicted molar refractivity (Wildman–Crippen MR) is 109 cm³/mol. The summed E-state index contributed by atoms with van der Waals surface area (Å²) in [6.07, 6.45) is 4.13. The molecule has 0 aliphatic carbocycles. The molecule has 0 saturated heterocycles. The fourth-order valence-electron chi connectivity index (χ4n) is 2.49. The molecule has 4 nitrogen and oxygen atoms in total. The van der Waals surface area contributed by atoms with Crippen molar-refractivity contribution >= 4 is 21.3 Å². The minimum absolute atomic E-state index is 0.195. The van der Waals surface area contributed by atoms with E-state index in [1.54, 1.807) is 24.3 Å². The van der Waals surface area contributed by atoms with Crippen LogP contribution in [-0.2, 0) is 14.6 Å². The van der Waals surface area contributed by atoms with Crippen molar-refractivity contribution in [3.63, 3.8) is 0 Å². The molecule has 1 amide bonds. The summed E-state index contributed by atoms with van der Waals surface area (Å²) in [5.41, 5.74) is 5.97. The van der Waals surface area contributed by atoms with Gasteiger partial charge < -0.3 is 5.32 Å². The van der Waals surface area contributed by atoms with Crippen LogP contribution in [0.1, 0.15) is 37.3 Å². The SMILES string of the molecule is CCCCC(=C=CC(=O)NCS(=O)(=O)c1ccc(C)cc1)c1ccccc1. The topological polar surface area (TPSA) is 63.2 Å². The standard InChI is InChI=1S/C22H25NO3S/c1-3-4-8-20(19-9-6-5-7-10-19)13-16-22(24)23-17-27(25,26)21-14-11-18(2)12-15-21/h5-7,9-12,14-16H,3-4,8,17H2,1-2H3,(H,23,24). The minimum atomic E-state index is -3.56. The fourth-order valence-corrected chi connectivity index (χ4v) is 3.54. The van der Waals surface area contributed by atoms with Gasteiger partial charge in [0.2, 0.25) is 0 Å². The van der Waals surface area contributed by atoms with Crippen LogP contribution in [0.25, 0.3) is 5.57 Å². The molecule has 27 heavy (non-hydrogen) atoms. The number of hydrogen-bond acceptors (Lipinski definition) is 3. The number of carbonyl (C=O) groups is 1. The second-order valence-electron chi connectivity index (χ2n) is 6.35. The molecule has 0 aliphatic heterocycles. The molecule has 0 bridgehead atoms. The van der Waals surface area contributed by atoms with Gasteiger partial charge in [0.15, 0.2) is 9.84 Å². The highest BCUT2D eigenvalue weighted by Crippen LogP contribution is 2.19. The van der Waals surface area contributed by atoms with Crippen molar-refractivity contribution in [2.24, 2.45) is 0 Å². The second-order valence-corrected chi connectivity index (χ2v) is 8.34. The van der Waals surface area contributed by atoms with Crippen LogP contribution < -0.4 is 5.32 Å². The van der Waals surface area contributed by atoms with Gasteiger partial charge in [-0.15, -0.1) is 5.73 Å². The maximum Gasteiger partial charge on any atom is 0.252 e. The molecular formula is C22H25NO3S. The van der Waals surface area contributed by atoms with Crippen molar-refractivity contribution in [2.45, 2.75) is 38.0 Å². The van der Waals surface area contributed by atoms with Crippen molar-refractivity contribution in [1.29, 1.82) is 0 Å². The molecule has 2 aromatic carbocycles. The number of sulfone groups is 1. The molecule has 5 heteroatoms. The first kappa shape index (κ1) is 20.7. The number of hydrogen-bond donors (Lipinski definition) is 1. The zero-order valence-electron chi connectivity index (χ0n) is 15.7. The van der Waals surface area contributed by atoms with Gasteiger partial charge in [0, 0.05) is 11.6 Å². The van der Waals surface area contributed by atoms with E-state index < -0.39 is 21.6 Å². The largest absolute Gasteiger partial charge is 0.338 e. The number of amides is 1. The summed E-state index contributed by atoms with van der Waals surface area (Å²) in [5.74, 6) is -0.918. The first-order chi connectivity index (χ1) is 12.9. The van der Waals surface area contributed by atoms with Crippen molar-refractivity contribution in [3.8, 4) is 0 Å². The third kappa shape index (κ3) is 6.55. The normalized spacial score (nSPS) is 10.7. The molecule has 1 N–H and O–H groups in total. The Morgan fingerprint density at radius 1 is 1.07 bits per heavy atom. The molecule has 0 radical (unpaired) electrons. The lowest BCUT2D eigenvalue weighted by Crippen LogP contribution is -2.28. The molecule has 2 rings (SSSR count). The first-order valence-electron chi connectivity index (χ1n) is 9.00. The molecule has 0 spiro atoms. The molecule has 0 aromatic heterocycles. The maximum atomic E-state index is 12.3. The summed E-state index contributed by atoms with van der Waals surface area (Å²) in [4.78, 5) is 12.3. The van der Waals surface area contributed by atoms with E-state index in [2.05, 4.69) is 18.0 Å². The Labute approximate surface area is 161 Å². The monoisotopic (exact) mass is 383 g/mol. The number of benzene rings is 2. The number of rotatable bonds is 8. The Kier molecular flexibility index (Phi) is 7.59. The Morgan fingerprint density at radius 3 is 2.37 bits per heavy atom. The lowest BCUT2D eigenvalue weighted by atomic mass is 10.0. The van der Waals surface area contributed by atoms with E-state index in [-0.39, 0.29) is 4.90 Å². The van der Waals surface area contributed by atoms with Gasteiger partial charge in [-0.1, -0.05) is 61.4 Å². The Morgan fingerprint density at radius 2 is 1.74 bits per heavy atom. The third-order valence-corrected chi connectivity index (χ3v) is 5.61. The highest BCUT2D eigenvalue weighted by molar-refractivity contribution is 7.91. The summed E-state index contributed by atoms with van der Waals surface area (Å²) >= 11 is 0. The fraction of sp³-hybridized carbons (Fsp3) is 0.273. The van der Waals surface area contributed by atoms with Crippen LogP contribution in [0, 0.1) is 6.92 Å². The van der Waals surface area contributed by atoms with Gasteiger partial charge in [-0.25, -0.2) is 8.42 Å². The Balaban J connectivity index is 2.09. The smallest absolute Gasteiger partial charge is 0.252 e. The molecular weight excluding hydrogens is 358 g/mol. The van der Waals surface area contributed by atoms with Gasteiger partial charge in [0.25, 0.3) is 5.91 Å². The summed E-state index contributed by atoms with van der Waals surface area (Å²) in [6.45, 7) is 3.99. The molecule has 0 fully saturated rings. The summed E-state index contributed by atoms with van der Waals surface area (Å²) in [7, 11) is -3.56. The number of unbranched alkanes of at least 4 members (excludes halogenated alkanes) is 1. The summed E-state index contributed by atoms with van der Waals surface area (Å²) in [6, 6.07) is 16.3. The van der Waals surface area contributed by atoms with Crippen molar-refractivity contribution < 1.29 is 13.2 Å². The van der Waals surface area contributed by atoms with Crippen molar-refractivity contribution in [2.75, 3.05) is 5.88 Å². The molecule has 2 aromatic rings. The Hall–Kier alpha value is -2.62. The average Bonchev–Trinajstić information content (AvgIpc) is 2.67. The van der Waals surface area contributed by atoms with Gasteiger partial charge >= 0.3 is 0 Å². The highest BCUT2D eigenvalue weighted by atomic mass is 32.2. The van der Waals surface area contributed by atoms with E-state index in [9.17, 15) is 13.2 Å². The van der Waals surface area contributed by atoms with Gasteiger partial charge in [0.1, 0.15) is 5.88 Å². The Bertz CT molecular complexity index is 923. The van der Waals surface area contributed by atoms with Crippen LogP contribution >= 0.6 is 0 Å². The number of nitrogens with one attached hydrogen (secondary N) is 1. The molecule has 0 atom stereocenters. The third-order valence-electron chi connectivity index (χ3n) is 4.10. The van der Waals surface area contributed by atoms with E-state index in [1.807, 2.05) is 37.3 Å². The molecule has 0 unspecified atom stereocenters. The summed E-state index contributed by atoms with van der Waals surface area (Å²) in [5, 5.41) is 2.44. The van der Waals surface area contributed by atoms with Crippen LogP contribution in [0.3, 0.4) is 0 Å². The average molecular weight is 384 g/mol. The maximum absolute atomic E-state index is 12.3. The highest BCUT2D eigenvalue weighted by Gasteiger charge is 2.14. The zero-order valence-corrected chi connectivity index (χ0v) is 16.6. The van der Waals surface area contributed by atoms with Crippen LogP contribution in [0.2, 0.25) is 0 Å². The van der Waals surface area contributed by atoms with Crippen molar-refractivity contribution in [3.05, 3.63) is 77.5 Å². The molecule has 0 saturated carbocycles. The number of aryl methyl sites for hydroxylation is 1. The van der Waals surface area contributed by atoms with Gasteiger partial charge in [-0.3, -0.25) is 4.79 Å². The van der Waals surface area contributed by atoms with E-state index >= 15 is 0 Å². The van der Waals surface area contributed by atoms with Gasteiger partial charge in [-0.05, 0) is 37.5 Å². The van der Waals surface area contributed by atoms with Crippen LogP contribution in [0.5, 0.6) is 0 Å². The number of carbonyl (C=O) groups excluding carboxylic acids is 1.